The monoisotopic (exact) mass is 400 g/mol. The van der Waals surface area contributed by atoms with Crippen molar-refractivity contribution in [2.24, 2.45) is 0 Å². The Morgan fingerprint density at radius 2 is 1.85 bits per heavy atom. The summed E-state index contributed by atoms with van der Waals surface area (Å²) >= 11 is 5.69. The molecule has 26 heavy (non-hydrogen) atoms. The number of nitrogens with zero attached hydrogens (tertiary/aromatic N) is 1. The Morgan fingerprint density at radius 1 is 1.23 bits per heavy atom. The standard InChI is InChI=1S/C17H18ClFN2O4S/c1-11(17(22)20-12-4-9-16(19)15(18)10-12)21(26(3,23)24)13-5-7-14(25-2)8-6-13/h4-11H,1-3H3,(H,20,22)/t11-/m1/s1. The number of rotatable bonds is 6. The molecular formula is C17H18ClFN2O4S. The zero-order valence-electron chi connectivity index (χ0n) is 14.4. The highest BCUT2D eigenvalue weighted by molar-refractivity contribution is 7.92. The SMILES string of the molecule is COc1ccc(N([C@H](C)C(=O)Nc2ccc(F)c(Cl)c2)S(C)(=O)=O)cc1. The summed E-state index contributed by atoms with van der Waals surface area (Å²) in [6.07, 6.45) is 1.01. The van der Waals surface area contributed by atoms with Crippen LogP contribution in [0.5, 0.6) is 5.75 Å². The van der Waals surface area contributed by atoms with Crippen LogP contribution in [0.1, 0.15) is 6.92 Å². The van der Waals surface area contributed by atoms with Crippen molar-refractivity contribution in [3.8, 4) is 5.75 Å². The molecule has 0 fully saturated rings. The Bertz CT molecular complexity index is 903. The lowest BCUT2D eigenvalue weighted by Crippen LogP contribution is -2.45. The fourth-order valence-electron chi connectivity index (χ4n) is 2.36. The highest BCUT2D eigenvalue weighted by Gasteiger charge is 2.29. The van der Waals surface area contributed by atoms with Gasteiger partial charge in [0.15, 0.2) is 0 Å². The van der Waals surface area contributed by atoms with Gasteiger partial charge in [-0.1, -0.05) is 11.6 Å². The topological polar surface area (TPSA) is 75.7 Å². The van der Waals surface area contributed by atoms with Gasteiger partial charge in [0.25, 0.3) is 0 Å². The van der Waals surface area contributed by atoms with Gasteiger partial charge < -0.3 is 10.1 Å². The predicted octanol–water partition coefficient (Wildman–Crippen LogP) is 3.28. The predicted molar refractivity (Wildman–Crippen MR) is 99.8 cm³/mol. The molecular weight excluding hydrogens is 383 g/mol. The molecule has 2 aromatic carbocycles. The minimum absolute atomic E-state index is 0.148. The third-order valence-electron chi connectivity index (χ3n) is 3.60. The summed E-state index contributed by atoms with van der Waals surface area (Å²) in [5.74, 6) is -0.650. The highest BCUT2D eigenvalue weighted by atomic mass is 35.5. The van der Waals surface area contributed by atoms with Crippen LogP contribution in [0.2, 0.25) is 5.02 Å². The van der Waals surface area contributed by atoms with Crippen molar-refractivity contribution in [2.45, 2.75) is 13.0 Å². The average Bonchev–Trinajstić information content (AvgIpc) is 2.57. The van der Waals surface area contributed by atoms with Gasteiger partial charge in [0.1, 0.15) is 17.6 Å². The second-order valence-corrected chi connectivity index (χ2v) is 7.82. The van der Waals surface area contributed by atoms with Crippen LogP contribution in [0.4, 0.5) is 15.8 Å². The fourth-order valence-corrected chi connectivity index (χ4v) is 3.71. The van der Waals surface area contributed by atoms with Gasteiger partial charge in [-0.15, -0.1) is 0 Å². The average molecular weight is 401 g/mol. The first-order valence-electron chi connectivity index (χ1n) is 7.53. The first kappa shape index (κ1) is 20.0. The van der Waals surface area contributed by atoms with E-state index in [1.807, 2.05) is 0 Å². The molecule has 0 aliphatic rings. The van der Waals surface area contributed by atoms with Gasteiger partial charge >= 0.3 is 0 Å². The van der Waals surface area contributed by atoms with E-state index in [2.05, 4.69) is 5.32 Å². The summed E-state index contributed by atoms with van der Waals surface area (Å²) in [5.41, 5.74) is 0.574. The molecule has 9 heteroatoms. The summed E-state index contributed by atoms with van der Waals surface area (Å²) in [4.78, 5) is 12.5. The van der Waals surface area contributed by atoms with Crippen molar-refractivity contribution in [3.05, 3.63) is 53.3 Å². The maximum atomic E-state index is 13.2. The molecule has 0 radical (unpaired) electrons. The number of carbonyl (C=O) groups is 1. The van der Waals surface area contributed by atoms with Gasteiger partial charge in [0, 0.05) is 5.69 Å². The molecule has 0 saturated carbocycles. The first-order valence-corrected chi connectivity index (χ1v) is 9.75. The fraction of sp³-hybridized carbons (Fsp3) is 0.235. The van der Waals surface area contributed by atoms with Crippen LogP contribution in [0.25, 0.3) is 0 Å². The molecule has 140 valence electrons. The number of halogens is 2. The molecule has 2 aromatic rings. The molecule has 1 atom stereocenters. The molecule has 0 bridgehead atoms. The number of sulfonamides is 1. The van der Waals surface area contributed by atoms with E-state index in [9.17, 15) is 17.6 Å². The van der Waals surface area contributed by atoms with Gasteiger partial charge in [-0.3, -0.25) is 9.10 Å². The summed E-state index contributed by atoms with van der Waals surface area (Å²) in [6, 6.07) is 8.92. The second kappa shape index (κ2) is 7.92. The molecule has 0 aromatic heterocycles. The maximum Gasteiger partial charge on any atom is 0.247 e. The van der Waals surface area contributed by atoms with E-state index in [4.69, 9.17) is 16.3 Å². The number of methoxy groups -OCH3 is 1. The lowest BCUT2D eigenvalue weighted by molar-refractivity contribution is -0.116. The molecule has 1 amide bonds. The quantitative estimate of drug-likeness (QED) is 0.807. The molecule has 1 N–H and O–H groups in total. The van der Waals surface area contributed by atoms with Crippen molar-refractivity contribution in [2.75, 3.05) is 23.0 Å². The molecule has 0 unspecified atom stereocenters. The number of amides is 1. The molecule has 0 saturated heterocycles. The molecule has 0 spiro atoms. The summed E-state index contributed by atoms with van der Waals surface area (Å²) in [6.45, 7) is 1.45. The lowest BCUT2D eigenvalue weighted by atomic mass is 10.2. The molecule has 0 aliphatic carbocycles. The number of nitrogens with one attached hydrogen (secondary N) is 1. The van der Waals surface area contributed by atoms with Crippen molar-refractivity contribution < 1.29 is 22.3 Å². The van der Waals surface area contributed by atoms with Crippen LogP contribution in [-0.4, -0.2) is 33.7 Å². The van der Waals surface area contributed by atoms with Crippen LogP contribution in [0.3, 0.4) is 0 Å². The second-order valence-electron chi connectivity index (χ2n) is 5.55. The highest BCUT2D eigenvalue weighted by Crippen LogP contribution is 2.25. The van der Waals surface area contributed by atoms with E-state index < -0.39 is 27.8 Å². The number of anilines is 2. The van der Waals surface area contributed by atoms with Gasteiger partial charge in [-0.2, -0.15) is 0 Å². The minimum Gasteiger partial charge on any atom is -0.497 e. The van der Waals surface area contributed by atoms with Gasteiger partial charge in [0.05, 0.1) is 24.1 Å². The van der Waals surface area contributed by atoms with E-state index in [0.29, 0.717) is 11.4 Å². The zero-order valence-corrected chi connectivity index (χ0v) is 15.9. The normalized spacial score (nSPS) is 12.3. The summed E-state index contributed by atoms with van der Waals surface area (Å²) < 4.78 is 43.7. The van der Waals surface area contributed by atoms with Crippen LogP contribution >= 0.6 is 11.6 Å². The van der Waals surface area contributed by atoms with Crippen LogP contribution in [-0.2, 0) is 14.8 Å². The van der Waals surface area contributed by atoms with Crippen molar-refractivity contribution in [1.29, 1.82) is 0 Å². The maximum absolute atomic E-state index is 13.2. The Balaban J connectivity index is 2.29. The van der Waals surface area contributed by atoms with E-state index in [0.717, 1.165) is 16.6 Å². The lowest BCUT2D eigenvalue weighted by Gasteiger charge is -2.28. The number of hydrogen-bond acceptors (Lipinski definition) is 4. The largest absolute Gasteiger partial charge is 0.497 e. The Hall–Kier alpha value is -2.32. The smallest absolute Gasteiger partial charge is 0.247 e. The number of benzene rings is 2. The number of hydrogen-bond donors (Lipinski definition) is 1. The van der Waals surface area contributed by atoms with Gasteiger partial charge in [-0.05, 0) is 49.4 Å². The van der Waals surface area contributed by atoms with Crippen LogP contribution < -0.4 is 14.4 Å². The van der Waals surface area contributed by atoms with Crippen molar-refractivity contribution in [1.82, 2.24) is 0 Å². The number of carbonyl (C=O) groups excluding carboxylic acids is 1. The minimum atomic E-state index is -3.74. The molecule has 0 aliphatic heterocycles. The number of ether oxygens (including phenoxy) is 1. The Morgan fingerprint density at radius 3 is 2.35 bits per heavy atom. The van der Waals surface area contributed by atoms with Crippen LogP contribution in [0, 0.1) is 5.82 Å². The Kier molecular flexibility index (Phi) is 6.09. The van der Waals surface area contributed by atoms with E-state index in [-0.39, 0.29) is 10.7 Å². The Labute approximate surface area is 156 Å². The van der Waals surface area contributed by atoms with Crippen molar-refractivity contribution >= 4 is 38.9 Å². The van der Waals surface area contributed by atoms with Gasteiger partial charge in [0.2, 0.25) is 15.9 Å². The molecule has 0 heterocycles. The third-order valence-corrected chi connectivity index (χ3v) is 5.13. The van der Waals surface area contributed by atoms with Crippen molar-refractivity contribution in [3.63, 3.8) is 0 Å². The zero-order chi connectivity index (χ0) is 19.5. The summed E-state index contributed by atoms with van der Waals surface area (Å²) in [7, 11) is -2.25. The first-order chi connectivity index (χ1) is 12.1. The summed E-state index contributed by atoms with van der Waals surface area (Å²) in [5, 5.41) is 2.39. The van der Waals surface area contributed by atoms with Crippen LogP contribution in [0.15, 0.2) is 42.5 Å². The van der Waals surface area contributed by atoms with E-state index in [1.165, 1.54) is 26.2 Å². The molecule has 2 rings (SSSR count). The third kappa shape index (κ3) is 4.64. The van der Waals surface area contributed by atoms with E-state index >= 15 is 0 Å². The van der Waals surface area contributed by atoms with E-state index in [1.54, 1.807) is 24.3 Å². The molecule has 6 nitrogen and oxygen atoms in total. The van der Waals surface area contributed by atoms with Gasteiger partial charge in [-0.25, -0.2) is 12.8 Å².